The van der Waals surface area contributed by atoms with Crippen LogP contribution in [0.5, 0.6) is 11.5 Å². The Kier molecular flexibility index (Phi) is 4.55. The zero-order valence-corrected chi connectivity index (χ0v) is 11.1. The SMILES string of the molecule is COC(=O)Cc1cc(OCc2ccccc2)c(O)cn1. The minimum atomic E-state index is -0.391. The Balaban J connectivity index is 2.06. The second-order valence-electron chi connectivity index (χ2n) is 4.17. The molecule has 0 bridgehead atoms. The van der Waals surface area contributed by atoms with E-state index in [0.717, 1.165) is 5.56 Å². The number of methoxy groups -OCH3 is 1. The normalized spacial score (nSPS) is 10.1. The monoisotopic (exact) mass is 273 g/mol. The molecule has 0 radical (unpaired) electrons. The van der Waals surface area contributed by atoms with E-state index >= 15 is 0 Å². The summed E-state index contributed by atoms with van der Waals surface area (Å²) in [4.78, 5) is 15.1. The van der Waals surface area contributed by atoms with Crippen LogP contribution in [0.4, 0.5) is 0 Å². The third-order valence-corrected chi connectivity index (χ3v) is 2.69. The van der Waals surface area contributed by atoms with E-state index in [0.29, 0.717) is 18.1 Å². The number of pyridine rings is 1. The summed E-state index contributed by atoms with van der Waals surface area (Å²) in [5.41, 5.74) is 1.47. The molecule has 0 fully saturated rings. The van der Waals surface area contributed by atoms with Crippen LogP contribution in [0.2, 0.25) is 0 Å². The van der Waals surface area contributed by atoms with Crippen molar-refractivity contribution in [1.82, 2.24) is 4.98 Å². The Morgan fingerprint density at radius 1 is 1.30 bits per heavy atom. The topological polar surface area (TPSA) is 68.7 Å². The summed E-state index contributed by atoms with van der Waals surface area (Å²) < 4.78 is 10.1. The Hall–Kier alpha value is -2.56. The minimum absolute atomic E-state index is 0.0402. The maximum atomic E-state index is 11.2. The second-order valence-corrected chi connectivity index (χ2v) is 4.17. The molecule has 1 N–H and O–H groups in total. The molecule has 5 heteroatoms. The average molecular weight is 273 g/mol. The molecule has 0 amide bonds. The molecular formula is C15H15NO4. The zero-order valence-electron chi connectivity index (χ0n) is 11.1. The summed E-state index contributed by atoms with van der Waals surface area (Å²) in [7, 11) is 1.32. The molecule has 1 aromatic carbocycles. The molecular weight excluding hydrogens is 258 g/mol. The summed E-state index contributed by atoms with van der Waals surface area (Å²) in [6, 6.07) is 11.1. The number of rotatable bonds is 5. The van der Waals surface area contributed by atoms with Gasteiger partial charge in [0.15, 0.2) is 11.5 Å². The molecule has 104 valence electrons. The molecule has 0 unspecified atom stereocenters. The van der Waals surface area contributed by atoms with Crippen LogP contribution in [0.1, 0.15) is 11.3 Å². The molecule has 20 heavy (non-hydrogen) atoms. The van der Waals surface area contributed by atoms with Gasteiger partial charge >= 0.3 is 5.97 Å². The Morgan fingerprint density at radius 3 is 2.75 bits per heavy atom. The first-order chi connectivity index (χ1) is 9.69. The molecule has 1 heterocycles. The summed E-state index contributed by atoms with van der Waals surface area (Å²) in [5.74, 6) is -0.158. The number of hydrogen-bond acceptors (Lipinski definition) is 5. The van der Waals surface area contributed by atoms with Crippen molar-refractivity contribution in [3.63, 3.8) is 0 Å². The fourth-order valence-electron chi connectivity index (χ4n) is 1.64. The van der Waals surface area contributed by atoms with Crippen LogP contribution >= 0.6 is 0 Å². The smallest absolute Gasteiger partial charge is 0.311 e. The zero-order chi connectivity index (χ0) is 14.4. The van der Waals surface area contributed by atoms with Gasteiger partial charge < -0.3 is 14.6 Å². The van der Waals surface area contributed by atoms with Gasteiger partial charge in [-0.15, -0.1) is 0 Å². The van der Waals surface area contributed by atoms with E-state index in [9.17, 15) is 9.90 Å². The highest BCUT2D eigenvalue weighted by atomic mass is 16.5. The molecule has 1 aromatic heterocycles. The van der Waals surface area contributed by atoms with Crippen molar-refractivity contribution >= 4 is 5.97 Å². The van der Waals surface area contributed by atoms with Gasteiger partial charge in [0, 0.05) is 6.07 Å². The fourth-order valence-corrected chi connectivity index (χ4v) is 1.64. The van der Waals surface area contributed by atoms with Gasteiger partial charge in [-0.05, 0) is 5.56 Å². The second kappa shape index (κ2) is 6.56. The standard InChI is InChI=1S/C15H15NO4/c1-19-15(18)8-12-7-14(13(17)9-16-12)20-10-11-5-3-2-4-6-11/h2-7,9,17H,8,10H2,1H3. The van der Waals surface area contributed by atoms with Crippen LogP contribution in [0.25, 0.3) is 0 Å². The number of hydrogen-bond donors (Lipinski definition) is 1. The molecule has 0 saturated heterocycles. The Bertz CT molecular complexity index is 584. The lowest BCUT2D eigenvalue weighted by Crippen LogP contribution is -2.06. The summed E-state index contributed by atoms with van der Waals surface area (Å²) >= 11 is 0. The van der Waals surface area contributed by atoms with Gasteiger partial charge in [0.1, 0.15) is 6.61 Å². The van der Waals surface area contributed by atoms with Crippen molar-refractivity contribution in [2.75, 3.05) is 7.11 Å². The molecule has 2 rings (SSSR count). The molecule has 2 aromatic rings. The van der Waals surface area contributed by atoms with Crippen LogP contribution in [-0.2, 0) is 22.6 Å². The number of carbonyl (C=O) groups excluding carboxylic acids is 1. The highest BCUT2D eigenvalue weighted by Gasteiger charge is 2.09. The molecule has 0 atom stereocenters. The maximum Gasteiger partial charge on any atom is 0.311 e. The highest BCUT2D eigenvalue weighted by molar-refractivity contribution is 5.72. The van der Waals surface area contributed by atoms with Crippen LogP contribution in [-0.4, -0.2) is 23.2 Å². The van der Waals surface area contributed by atoms with Crippen molar-refractivity contribution in [3.8, 4) is 11.5 Å². The van der Waals surface area contributed by atoms with Crippen molar-refractivity contribution in [3.05, 3.63) is 53.9 Å². The average Bonchev–Trinajstić information content (AvgIpc) is 2.48. The van der Waals surface area contributed by atoms with Crippen molar-refractivity contribution < 1.29 is 19.4 Å². The molecule has 0 saturated carbocycles. The van der Waals surface area contributed by atoms with E-state index < -0.39 is 5.97 Å². The van der Waals surface area contributed by atoms with E-state index in [-0.39, 0.29) is 12.2 Å². The predicted molar refractivity (Wildman–Crippen MR) is 72.4 cm³/mol. The van der Waals surface area contributed by atoms with Crippen molar-refractivity contribution in [2.45, 2.75) is 13.0 Å². The highest BCUT2D eigenvalue weighted by Crippen LogP contribution is 2.26. The lowest BCUT2D eigenvalue weighted by Gasteiger charge is -2.09. The molecule has 0 aliphatic heterocycles. The third-order valence-electron chi connectivity index (χ3n) is 2.69. The number of carbonyl (C=O) groups is 1. The molecule has 0 aliphatic rings. The van der Waals surface area contributed by atoms with Crippen LogP contribution in [0.15, 0.2) is 42.6 Å². The minimum Gasteiger partial charge on any atom is -0.503 e. The largest absolute Gasteiger partial charge is 0.503 e. The van der Waals surface area contributed by atoms with Crippen LogP contribution in [0.3, 0.4) is 0 Å². The molecule has 5 nitrogen and oxygen atoms in total. The van der Waals surface area contributed by atoms with Crippen molar-refractivity contribution in [1.29, 1.82) is 0 Å². The summed E-state index contributed by atoms with van der Waals surface area (Å²) in [6.45, 7) is 0.329. The lowest BCUT2D eigenvalue weighted by atomic mass is 10.2. The van der Waals surface area contributed by atoms with Gasteiger partial charge in [0.25, 0.3) is 0 Å². The van der Waals surface area contributed by atoms with Crippen LogP contribution < -0.4 is 4.74 Å². The van der Waals surface area contributed by atoms with Crippen LogP contribution in [0, 0.1) is 0 Å². The predicted octanol–water partition coefficient (Wildman–Crippen LogP) is 2.08. The lowest BCUT2D eigenvalue weighted by molar-refractivity contribution is -0.139. The van der Waals surface area contributed by atoms with E-state index in [1.807, 2.05) is 30.3 Å². The first kappa shape index (κ1) is 13.9. The van der Waals surface area contributed by atoms with Crippen molar-refractivity contribution in [2.24, 2.45) is 0 Å². The van der Waals surface area contributed by atoms with Gasteiger partial charge in [-0.3, -0.25) is 9.78 Å². The maximum absolute atomic E-state index is 11.2. The van der Waals surface area contributed by atoms with Gasteiger partial charge in [-0.25, -0.2) is 0 Å². The van der Waals surface area contributed by atoms with E-state index in [4.69, 9.17) is 4.74 Å². The van der Waals surface area contributed by atoms with Gasteiger partial charge in [0.05, 0.1) is 25.4 Å². The quantitative estimate of drug-likeness (QED) is 0.845. The molecule has 0 aliphatic carbocycles. The first-order valence-corrected chi connectivity index (χ1v) is 6.10. The molecule has 0 spiro atoms. The van der Waals surface area contributed by atoms with E-state index in [1.54, 1.807) is 0 Å². The summed E-state index contributed by atoms with van der Waals surface area (Å²) in [6.07, 6.45) is 1.30. The first-order valence-electron chi connectivity index (χ1n) is 6.10. The van der Waals surface area contributed by atoms with Gasteiger partial charge in [0.2, 0.25) is 0 Å². The van der Waals surface area contributed by atoms with E-state index in [1.165, 1.54) is 19.4 Å². The number of aromatic nitrogens is 1. The van der Waals surface area contributed by atoms with E-state index in [2.05, 4.69) is 9.72 Å². The number of benzene rings is 1. The number of esters is 1. The number of nitrogens with zero attached hydrogens (tertiary/aromatic N) is 1. The Morgan fingerprint density at radius 2 is 2.05 bits per heavy atom. The number of ether oxygens (including phenoxy) is 2. The summed E-state index contributed by atoms with van der Waals surface area (Å²) in [5, 5.41) is 9.70. The Labute approximate surface area is 116 Å². The van der Waals surface area contributed by atoms with Gasteiger partial charge in [-0.2, -0.15) is 0 Å². The number of aromatic hydroxyl groups is 1. The fraction of sp³-hybridized carbons (Fsp3) is 0.200. The van der Waals surface area contributed by atoms with Gasteiger partial charge in [-0.1, -0.05) is 30.3 Å². The third kappa shape index (κ3) is 3.71.